The number of cyclic esters (lactones) is 1. The molecule has 0 bridgehead atoms. The average Bonchev–Trinajstić information content (AvgIpc) is 2.44. The molecule has 1 aliphatic rings. The van der Waals surface area contributed by atoms with Gasteiger partial charge in [-0.05, 0) is 29.9 Å². The Kier molecular flexibility index (Phi) is 4.68. The molecule has 0 aromatic heterocycles. The molecule has 4 heteroatoms. The van der Waals surface area contributed by atoms with Crippen molar-refractivity contribution in [1.82, 2.24) is 0 Å². The lowest BCUT2D eigenvalue weighted by atomic mass is 9.79. The maximum absolute atomic E-state index is 11.6. The second-order valence-electron chi connectivity index (χ2n) is 5.88. The Bertz CT molecular complexity index is 547. The van der Waals surface area contributed by atoms with Crippen LogP contribution in [-0.4, -0.2) is 21.8 Å². The zero-order chi connectivity index (χ0) is 15.5. The number of aliphatic hydroxyl groups excluding tert-OH is 2. The van der Waals surface area contributed by atoms with E-state index in [-0.39, 0.29) is 18.3 Å². The minimum atomic E-state index is -0.682. The van der Waals surface area contributed by atoms with E-state index >= 15 is 0 Å². The second-order valence-corrected chi connectivity index (χ2v) is 5.88. The van der Waals surface area contributed by atoms with Crippen LogP contribution >= 0.6 is 0 Å². The summed E-state index contributed by atoms with van der Waals surface area (Å²) in [5.41, 5.74) is 1.25. The van der Waals surface area contributed by atoms with Crippen molar-refractivity contribution in [2.75, 3.05) is 0 Å². The van der Waals surface area contributed by atoms with Crippen molar-refractivity contribution in [1.29, 1.82) is 0 Å². The highest BCUT2D eigenvalue weighted by Crippen LogP contribution is 2.36. The van der Waals surface area contributed by atoms with Gasteiger partial charge in [0, 0.05) is 6.42 Å². The molecule has 4 nitrogen and oxygen atoms in total. The smallest absolute Gasteiger partial charge is 0.334 e. The fourth-order valence-electron chi connectivity index (χ4n) is 2.81. The highest BCUT2D eigenvalue weighted by molar-refractivity contribution is 5.83. The average molecular weight is 290 g/mol. The molecular weight excluding hydrogens is 268 g/mol. The van der Waals surface area contributed by atoms with Crippen LogP contribution in [0.1, 0.15) is 37.8 Å². The number of hydrogen-bond donors (Lipinski definition) is 2. The molecule has 21 heavy (non-hydrogen) atoms. The normalized spacial score (nSPS) is 22.1. The molecule has 2 rings (SSSR count). The van der Waals surface area contributed by atoms with E-state index in [4.69, 9.17) is 4.74 Å². The molecule has 0 fully saturated rings. The monoisotopic (exact) mass is 290 g/mol. The van der Waals surface area contributed by atoms with Crippen LogP contribution in [0, 0.1) is 5.92 Å². The van der Waals surface area contributed by atoms with Gasteiger partial charge in [0.05, 0.1) is 12.7 Å². The van der Waals surface area contributed by atoms with Crippen molar-refractivity contribution in [2.45, 2.75) is 45.3 Å². The maximum Gasteiger partial charge on any atom is 0.334 e. The summed E-state index contributed by atoms with van der Waals surface area (Å²) in [6, 6.07) is 7.69. The van der Waals surface area contributed by atoms with Crippen LogP contribution in [0.5, 0.6) is 0 Å². The molecule has 0 amide bonds. The quantitative estimate of drug-likeness (QED) is 0.818. The number of esters is 1. The summed E-state index contributed by atoms with van der Waals surface area (Å²) in [7, 11) is 0. The molecule has 1 heterocycles. The molecule has 1 aromatic carbocycles. The number of carbonyl (C=O) groups excluding carboxylic acids is 1. The van der Waals surface area contributed by atoms with Crippen LogP contribution in [0.15, 0.2) is 36.1 Å². The van der Waals surface area contributed by atoms with Gasteiger partial charge in [0.15, 0.2) is 0 Å². The van der Waals surface area contributed by atoms with E-state index in [1.807, 2.05) is 38.1 Å². The van der Waals surface area contributed by atoms with Gasteiger partial charge in [-0.25, -0.2) is 4.79 Å². The summed E-state index contributed by atoms with van der Waals surface area (Å²) in [5, 5.41) is 19.2. The van der Waals surface area contributed by atoms with Crippen LogP contribution in [-0.2, 0) is 22.6 Å². The minimum Gasteiger partial charge on any atom is -0.512 e. The lowest BCUT2D eigenvalue weighted by molar-refractivity contribution is -0.163. The van der Waals surface area contributed by atoms with E-state index in [1.54, 1.807) is 0 Å². The van der Waals surface area contributed by atoms with E-state index < -0.39 is 11.6 Å². The van der Waals surface area contributed by atoms with Crippen LogP contribution in [0.2, 0.25) is 0 Å². The van der Waals surface area contributed by atoms with E-state index in [1.165, 1.54) is 0 Å². The number of ether oxygens (including phenoxy) is 1. The van der Waals surface area contributed by atoms with E-state index in [2.05, 4.69) is 0 Å². The van der Waals surface area contributed by atoms with Crippen LogP contribution in [0.3, 0.4) is 0 Å². The van der Waals surface area contributed by atoms with Gasteiger partial charge in [-0.15, -0.1) is 0 Å². The number of hydrogen-bond acceptors (Lipinski definition) is 4. The van der Waals surface area contributed by atoms with Crippen molar-refractivity contribution in [3.05, 3.63) is 47.2 Å². The van der Waals surface area contributed by atoms with E-state index in [0.717, 1.165) is 17.2 Å². The molecule has 1 aliphatic heterocycles. The lowest BCUT2D eigenvalue weighted by Crippen LogP contribution is -2.43. The fourth-order valence-corrected chi connectivity index (χ4v) is 2.81. The van der Waals surface area contributed by atoms with Gasteiger partial charge < -0.3 is 14.9 Å². The Morgan fingerprint density at radius 2 is 1.95 bits per heavy atom. The zero-order valence-corrected chi connectivity index (χ0v) is 12.5. The first-order valence-electron chi connectivity index (χ1n) is 7.27. The topological polar surface area (TPSA) is 66.8 Å². The summed E-state index contributed by atoms with van der Waals surface area (Å²) >= 11 is 0. The van der Waals surface area contributed by atoms with Crippen molar-refractivity contribution in [3.63, 3.8) is 0 Å². The largest absolute Gasteiger partial charge is 0.512 e. The third kappa shape index (κ3) is 3.45. The minimum absolute atomic E-state index is 0.00417. The standard InChI is InChI=1S/C17H22O4/c1-12(2)17(10-15(19)9-16(20)21-17)8-7-13-5-3-4-6-14(13)11-18/h3-6,9,12,18-19H,7-8,10-11H2,1-2H3/t17-/m1/s1. The van der Waals surface area contributed by atoms with Crippen LogP contribution < -0.4 is 0 Å². The molecule has 2 N–H and O–H groups in total. The Labute approximate surface area is 125 Å². The highest BCUT2D eigenvalue weighted by atomic mass is 16.6. The third-order valence-corrected chi connectivity index (χ3v) is 4.23. The van der Waals surface area contributed by atoms with Gasteiger partial charge in [0.1, 0.15) is 11.4 Å². The number of rotatable bonds is 5. The fraction of sp³-hybridized carbons (Fsp3) is 0.471. The summed E-state index contributed by atoms with van der Waals surface area (Å²) < 4.78 is 5.56. The Balaban J connectivity index is 2.18. The number of aliphatic hydroxyl groups is 2. The molecule has 0 saturated carbocycles. The Morgan fingerprint density at radius 3 is 2.52 bits per heavy atom. The first kappa shape index (κ1) is 15.6. The molecular formula is C17H22O4. The van der Waals surface area contributed by atoms with Gasteiger partial charge >= 0.3 is 5.97 Å². The lowest BCUT2D eigenvalue weighted by Gasteiger charge is -2.39. The number of aryl methyl sites for hydroxylation is 1. The predicted octanol–water partition coefficient (Wildman–Crippen LogP) is 2.90. The van der Waals surface area contributed by atoms with Crippen LogP contribution in [0.25, 0.3) is 0 Å². The molecule has 0 unspecified atom stereocenters. The Morgan fingerprint density at radius 1 is 1.29 bits per heavy atom. The number of carbonyl (C=O) groups is 1. The molecule has 0 spiro atoms. The summed E-state index contributed by atoms with van der Waals surface area (Å²) in [6.45, 7) is 3.98. The summed E-state index contributed by atoms with van der Waals surface area (Å²) in [5.74, 6) is -0.308. The second kappa shape index (κ2) is 6.31. The molecule has 0 radical (unpaired) electrons. The highest BCUT2D eigenvalue weighted by Gasteiger charge is 2.41. The van der Waals surface area contributed by atoms with Gasteiger partial charge in [-0.2, -0.15) is 0 Å². The summed E-state index contributed by atoms with van der Waals surface area (Å²) in [6.07, 6.45) is 2.79. The first-order chi connectivity index (χ1) is 9.97. The molecule has 0 saturated heterocycles. The molecule has 1 aromatic rings. The maximum atomic E-state index is 11.6. The van der Waals surface area contributed by atoms with Crippen molar-refractivity contribution in [3.8, 4) is 0 Å². The summed E-state index contributed by atoms with van der Waals surface area (Å²) in [4.78, 5) is 11.6. The van der Waals surface area contributed by atoms with Gasteiger partial charge in [0.25, 0.3) is 0 Å². The van der Waals surface area contributed by atoms with Crippen molar-refractivity contribution >= 4 is 5.97 Å². The van der Waals surface area contributed by atoms with E-state index in [0.29, 0.717) is 19.3 Å². The molecule has 0 aliphatic carbocycles. The SMILES string of the molecule is CC(C)[C@@]1(CCc2ccccc2CO)CC(O)=CC(=O)O1. The zero-order valence-electron chi connectivity index (χ0n) is 12.5. The Hall–Kier alpha value is -1.81. The third-order valence-electron chi connectivity index (χ3n) is 4.23. The molecule has 114 valence electrons. The van der Waals surface area contributed by atoms with Crippen molar-refractivity contribution < 1.29 is 19.7 Å². The van der Waals surface area contributed by atoms with Crippen molar-refractivity contribution in [2.24, 2.45) is 5.92 Å². The van der Waals surface area contributed by atoms with Gasteiger partial charge in [0.2, 0.25) is 0 Å². The molecule has 1 atom stereocenters. The first-order valence-corrected chi connectivity index (χ1v) is 7.27. The van der Waals surface area contributed by atoms with E-state index in [9.17, 15) is 15.0 Å². The predicted molar refractivity (Wildman–Crippen MR) is 79.7 cm³/mol. The van der Waals surface area contributed by atoms with Gasteiger partial charge in [-0.1, -0.05) is 38.1 Å². The van der Waals surface area contributed by atoms with Gasteiger partial charge in [-0.3, -0.25) is 0 Å². The number of benzene rings is 1. The van der Waals surface area contributed by atoms with Crippen LogP contribution in [0.4, 0.5) is 0 Å².